The van der Waals surface area contributed by atoms with E-state index in [-0.39, 0.29) is 11.9 Å². The Bertz CT molecular complexity index is 934. The van der Waals surface area contributed by atoms with E-state index in [1.54, 1.807) is 6.20 Å². The number of carbonyl (C=O) groups is 1. The molecule has 0 bridgehead atoms. The highest BCUT2D eigenvalue weighted by atomic mass is 16.3. The molecule has 0 aromatic carbocycles. The van der Waals surface area contributed by atoms with Gasteiger partial charge in [-0.25, -0.2) is 4.98 Å². The van der Waals surface area contributed by atoms with E-state index in [4.69, 9.17) is 4.98 Å². The molecule has 0 spiro atoms. The maximum absolute atomic E-state index is 11.2. The van der Waals surface area contributed by atoms with E-state index in [1.807, 2.05) is 46.0 Å². The van der Waals surface area contributed by atoms with Crippen LogP contribution in [0.2, 0.25) is 0 Å². The van der Waals surface area contributed by atoms with Crippen molar-refractivity contribution in [1.82, 2.24) is 15.3 Å². The van der Waals surface area contributed by atoms with Crippen molar-refractivity contribution >= 4 is 28.1 Å². The van der Waals surface area contributed by atoms with Crippen molar-refractivity contribution in [2.45, 2.75) is 66.5 Å². The lowest BCUT2D eigenvalue weighted by molar-refractivity contribution is -0.114. The number of anilines is 1. The van der Waals surface area contributed by atoms with Gasteiger partial charge in [-0.3, -0.25) is 9.78 Å². The molecule has 0 fully saturated rings. The third kappa shape index (κ3) is 5.41. The molecule has 3 N–H and O–H groups in total. The molecule has 3 rings (SSSR count). The number of allylic oxidation sites excluding steroid dienone is 2. The van der Waals surface area contributed by atoms with Crippen molar-refractivity contribution in [2.24, 2.45) is 0 Å². The van der Waals surface area contributed by atoms with Gasteiger partial charge in [-0.15, -0.1) is 0 Å². The first kappa shape index (κ1) is 22.6. The number of nitrogens with one attached hydrogen (secondary N) is 2. The highest BCUT2D eigenvalue weighted by Gasteiger charge is 2.21. The number of pyridine rings is 2. The van der Waals surface area contributed by atoms with E-state index >= 15 is 0 Å². The number of carbonyl (C=O) groups excluding carboxylic acids is 1. The second kappa shape index (κ2) is 10.2. The van der Waals surface area contributed by atoms with E-state index in [0.717, 1.165) is 46.1 Å². The molecule has 0 aliphatic carbocycles. The number of rotatable bonds is 5. The molecule has 0 radical (unpaired) electrons. The number of nitrogens with zero attached hydrogens (tertiary/aromatic N) is 2. The van der Waals surface area contributed by atoms with Gasteiger partial charge in [0, 0.05) is 41.4 Å². The second-order valence-electron chi connectivity index (χ2n) is 7.02. The fourth-order valence-corrected chi connectivity index (χ4v) is 3.38. The van der Waals surface area contributed by atoms with Crippen LogP contribution in [0.3, 0.4) is 0 Å². The molecule has 2 aromatic rings. The van der Waals surface area contributed by atoms with Gasteiger partial charge in [0.15, 0.2) is 0 Å². The molecule has 29 heavy (non-hydrogen) atoms. The molecule has 2 aromatic heterocycles. The van der Waals surface area contributed by atoms with Crippen molar-refractivity contribution < 1.29 is 9.90 Å². The number of aryl methyl sites for hydroxylation is 1. The Kier molecular flexibility index (Phi) is 7.91. The van der Waals surface area contributed by atoms with Crippen molar-refractivity contribution in [1.29, 1.82) is 0 Å². The molecule has 3 heterocycles. The van der Waals surface area contributed by atoms with Gasteiger partial charge in [-0.05, 0) is 38.0 Å². The molecule has 6 heteroatoms. The Labute approximate surface area is 173 Å². The molecule has 1 aliphatic rings. The van der Waals surface area contributed by atoms with Crippen LogP contribution in [0.4, 0.5) is 5.82 Å². The van der Waals surface area contributed by atoms with E-state index in [9.17, 15) is 9.90 Å². The molecule has 156 valence electrons. The van der Waals surface area contributed by atoms with E-state index in [2.05, 4.69) is 28.6 Å². The number of fused-ring (bicyclic) bond motifs is 1. The molecule has 2 unspecified atom stereocenters. The first-order valence-electron chi connectivity index (χ1n) is 10.3. The van der Waals surface area contributed by atoms with Gasteiger partial charge in [0.05, 0.1) is 17.8 Å². The molecule has 0 saturated heterocycles. The maximum Gasteiger partial charge on any atom is 0.222 e. The standard InChI is InChI=1S/C21H26N4O2.C2H6/c1-5-6-20(27)19-7-12(2)17(11-22-19)18-8-15-10-23-21(25-14(4)26)9-16(15)13(3)24-18;1-2/h7-11,19-20,22,27H,5-6H2,1-4H3,(H,23,25,26);1-2H3. The van der Waals surface area contributed by atoms with Gasteiger partial charge < -0.3 is 15.7 Å². The minimum atomic E-state index is -0.398. The number of aliphatic hydroxyl groups excluding tert-OH is 1. The molecule has 6 nitrogen and oxygen atoms in total. The lowest BCUT2D eigenvalue weighted by Crippen LogP contribution is -2.37. The smallest absolute Gasteiger partial charge is 0.222 e. The number of hydrogen-bond donors (Lipinski definition) is 3. The Balaban J connectivity index is 0.00000145. The zero-order chi connectivity index (χ0) is 21.6. The number of dihydropyridines is 1. The van der Waals surface area contributed by atoms with Crippen LogP contribution in [0.25, 0.3) is 16.3 Å². The van der Waals surface area contributed by atoms with E-state index in [1.165, 1.54) is 6.92 Å². The Hall–Kier alpha value is -2.73. The average molecular weight is 397 g/mol. The third-order valence-corrected chi connectivity index (χ3v) is 4.76. The topological polar surface area (TPSA) is 87.1 Å². The lowest BCUT2D eigenvalue weighted by Gasteiger charge is -2.26. The first-order chi connectivity index (χ1) is 13.9. The van der Waals surface area contributed by atoms with E-state index in [0.29, 0.717) is 5.82 Å². The first-order valence-corrected chi connectivity index (χ1v) is 10.3. The normalized spacial score (nSPS) is 16.7. The molecule has 1 amide bonds. The van der Waals surface area contributed by atoms with Gasteiger partial charge in [0.1, 0.15) is 5.82 Å². The highest BCUT2D eigenvalue weighted by molar-refractivity contribution is 5.93. The van der Waals surface area contributed by atoms with Gasteiger partial charge in [0.2, 0.25) is 5.91 Å². The van der Waals surface area contributed by atoms with Crippen molar-refractivity contribution in [3.63, 3.8) is 0 Å². The monoisotopic (exact) mass is 396 g/mol. The van der Waals surface area contributed by atoms with Crippen molar-refractivity contribution in [3.8, 4) is 0 Å². The fraction of sp³-hybridized carbons (Fsp3) is 0.435. The molecular weight excluding hydrogens is 364 g/mol. The molecule has 0 saturated carbocycles. The minimum absolute atomic E-state index is 0.0721. The summed E-state index contributed by atoms with van der Waals surface area (Å²) in [4.78, 5) is 20.3. The Morgan fingerprint density at radius 3 is 2.66 bits per heavy atom. The van der Waals surface area contributed by atoms with Crippen LogP contribution in [0.5, 0.6) is 0 Å². The van der Waals surface area contributed by atoms with Gasteiger partial charge >= 0.3 is 0 Å². The predicted octanol–water partition coefficient (Wildman–Crippen LogP) is 4.34. The fourth-order valence-electron chi connectivity index (χ4n) is 3.38. The van der Waals surface area contributed by atoms with Gasteiger partial charge in [0.25, 0.3) is 0 Å². The highest BCUT2D eigenvalue weighted by Crippen LogP contribution is 2.29. The van der Waals surface area contributed by atoms with Crippen LogP contribution in [-0.2, 0) is 4.79 Å². The second-order valence-corrected chi connectivity index (χ2v) is 7.02. The summed E-state index contributed by atoms with van der Waals surface area (Å²) in [5.41, 5.74) is 3.82. The number of hydrogen-bond acceptors (Lipinski definition) is 5. The van der Waals surface area contributed by atoms with Crippen molar-refractivity contribution in [2.75, 3.05) is 5.32 Å². The summed E-state index contributed by atoms with van der Waals surface area (Å²) in [5, 5.41) is 18.1. The zero-order valence-electron chi connectivity index (χ0n) is 18.2. The number of aromatic nitrogens is 2. The summed E-state index contributed by atoms with van der Waals surface area (Å²) in [6, 6.07) is 3.77. The van der Waals surface area contributed by atoms with Crippen LogP contribution < -0.4 is 10.6 Å². The maximum atomic E-state index is 11.2. The Morgan fingerprint density at radius 2 is 2.03 bits per heavy atom. The summed E-state index contributed by atoms with van der Waals surface area (Å²) < 4.78 is 0. The average Bonchev–Trinajstić information content (AvgIpc) is 2.69. The largest absolute Gasteiger partial charge is 0.391 e. The predicted molar refractivity (Wildman–Crippen MR) is 119 cm³/mol. The summed E-state index contributed by atoms with van der Waals surface area (Å²) >= 11 is 0. The number of amides is 1. The third-order valence-electron chi connectivity index (χ3n) is 4.76. The zero-order valence-corrected chi connectivity index (χ0v) is 18.2. The molecule has 2 atom stereocenters. The molecular formula is C23H32N4O2. The number of aliphatic hydroxyl groups is 1. The SMILES string of the molecule is CC.CCCC(O)C1C=C(C)C(c2cc3cnc(NC(C)=O)cc3c(C)n2)=CN1. The van der Waals surface area contributed by atoms with E-state index < -0.39 is 6.10 Å². The van der Waals surface area contributed by atoms with Crippen LogP contribution in [-0.4, -0.2) is 33.1 Å². The van der Waals surface area contributed by atoms with Crippen molar-refractivity contribution in [3.05, 3.63) is 47.6 Å². The van der Waals surface area contributed by atoms with Crippen LogP contribution in [0, 0.1) is 6.92 Å². The Morgan fingerprint density at radius 1 is 1.31 bits per heavy atom. The minimum Gasteiger partial charge on any atom is -0.391 e. The van der Waals surface area contributed by atoms with Crippen LogP contribution >= 0.6 is 0 Å². The lowest BCUT2D eigenvalue weighted by atomic mass is 9.94. The summed E-state index contributed by atoms with van der Waals surface area (Å²) in [5.74, 6) is 0.373. The summed E-state index contributed by atoms with van der Waals surface area (Å²) in [6.45, 7) is 11.5. The molecule has 1 aliphatic heterocycles. The quantitative estimate of drug-likeness (QED) is 0.700. The van der Waals surface area contributed by atoms with Gasteiger partial charge in [-0.2, -0.15) is 0 Å². The van der Waals surface area contributed by atoms with Gasteiger partial charge in [-0.1, -0.05) is 33.3 Å². The van der Waals surface area contributed by atoms with Crippen LogP contribution in [0.1, 0.15) is 58.8 Å². The van der Waals surface area contributed by atoms with Crippen LogP contribution in [0.15, 0.2) is 36.2 Å². The summed E-state index contributed by atoms with van der Waals surface area (Å²) in [7, 11) is 0. The summed E-state index contributed by atoms with van der Waals surface area (Å²) in [6.07, 6.45) is 7.07.